The van der Waals surface area contributed by atoms with Gasteiger partial charge in [-0.2, -0.15) is 0 Å². The van der Waals surface area contributed by atoms with Gasteiger partial charge in [-0.15, -0.1) is 11.3 Å². The van der Waals surface area contributed by atoms with Gasteiger partial charge in [-0.05, 0) is 47.5 Å². The molecule has 1 aromatic carbocycles. The predicted molar refractivity (Wildman–Crippen MR) is 94.2 cm³/mol. The molecule has 0 aliphatic heterocycles. The second-order valence-corrected chi connectivity index (χ2v) is 8.78. The summed E-state index contributed by atoms with van der Waals surface area (Å²) >= 11 is 4.45. The Morgan fingerprint density at radius 2 is 1.83 bits per heavy atom. The fourth-order valence-electron chi connectivity index (χ4n) is 1.94. The molecule has 120 valence electrons. The zero-order valence-corrected chi connectivity index (χ0v) is 15.5. The predicted octanol–water partition coefficient (Wildman–Crippen LogP) is 4.58. The summed E-state index contributed by atoms with van der Waals surface area (Å²) in [5.41, 5.74) is 2.14. The van der Waals surface area contributed by atoms with Crippen LogP contribution in [0.3, 0.4) is 0 Å². The molecule has 0 aliphatic rings. The Morgan fingerprint density at radius 3 is 2.43 bits per heavy atom. The summed E-state index contributed by atoms with van der Waals surface area (Å²) in [6.45, 7) is 3.70. The average Bonchev–Trinajstić information content (AvgIpc) is 3.11. The molecule has 1 N–H and O–H groups in total. The quantitative estimate of drug-likeness (QED) is 0.680. The van der Waals surface area contributed by atoms with Gasteiger partial charge < -0.3 is 4.52 Å². The summed E-state index contributed by atoms with van der Waals surface area (Å²) in [4.78, 5) is 0.890. The lowest BCUT2D eigenvalue weighted by molar-refractivity contribution is 0.399. The maximum Gasteiger partial charge on any atom is 0.272 e. The molecule has 0 bridgehead atoms. The molecule has 0 atom stereocenters. The Kier molecular flexibility index (Phi) is 4.31. The maximum atomic E-state index is 12.5. The minimum atomic E-state index is -3.70. The summed E-state index contributed by atoms with van der Waals surface area (Å²) in [6.07, 6.45) is 0. The van der Waals surface area contributed by atoms with E-state index in [1.807, 2.05) is 31.2 Å². The van der Waals surface area contributed by atoms with E-state index in [0.29, 0.717) is 10.2 Å². The molecule has 3 aromatic rings. The van der Waals surface area contributed by atoms with Gasteiger partial charge in [0, 0.05) is 4.88 Å². The van der Waals surface area contributed by atoms with Gasteiger partial charge in [0.15, 0.2) is 5.82 Å². The molecule has 0 fully saturated rings. The maximum absolute atomic E-state index is 12.5. The van der Waals surface area contributed by atoms with Crippen LogP contribution in [0.15, 0.2) is 49.6 Å². The van der Waals surface area contributed by atoms with E-state index in [9.17, 15) is 8.42 Å². The molecule has 0 unspecified atom stereocenters. The molecular formula is C15H13BrN2O3S2. The van der Waals surface area contributed by atoms with Gasteiger partial charge >= 0.3 is 0 Å². The lowest BCUT2D eigenvalue weighted by Gasteiger charge is -2.02. The zero-order chi connectivity index (χ0) is 16.6. The molecule has 0 saturated heterocycles. The Hall–Kier alpha value is -1.64. The van der Waals surface area contributed by atoms with Crippen molar-refractivity contribution in [3.05, 3.63) is 52.2 Å². The number of halogens is 1. The van der Waals surface area contributed by atoms with Crippen molar-refractivity contribution in [2.24, 2.45) is 0 Å². The standard InChI is InChI=1S/C15H13BrN2O3S2/c1-9-3-5-11(6-4-9)12-7-8-13(22-12)23(19,20)18-15-14(16)10(2)21-17-15/h3-8H,1-2H3,(H,17,18). The SMILES string of the molecule is Cc1ccc(-c2ccc(S(=O)(=O)Nc3noc(C)c3Br)s2)cc1. The minimum Gasteiger partial charge on any atom is -0.358 e. The molecule has 0 amide bonds. The average molecular weight is 413 g/mol. The van der Waals surface area contributed by atoms with E-state index >= 15 is 0 Å². The zero-order valence-electron chi connectivity index (χ0n) is 12.3. The Labute approximate surface area is 146 Å². The van der Waals surface area contributed by atoms with E-state index in [-0.39, 0.29) is 10.0 Å². The van der Waals surface area contributed by atoms with Crippen LogP contribution < -0.4 is 4.72 Å². The molecule has 0 saturated carbocycles. The van der Waals surface area contributed by atoms with Crippen LogP contribution in [-0.2, 0) is 10.0 Å². The van der Waals surface area contributed by atoms with E-state index in [1.165, 1.54) is 11.3 Å². The normalized spacial score (nSPS) is 11.6. The Morgan fingerprint density at radius 1 is 1.13 bits per heavy atom. The topological polar surface area (TPSA) is 72.2 Å². The van der Waals surface area contributed by atoms with Gasteiger partial charge in [0.1, 0.15) is 14.4 Å². The van der Waals surface area contributed by atoms with Crippen LogP contribution in [0, 0.1) is 13.8 Å². The van der Waals surface area contributed by atoms with Crippen LogP contribution in [0.1, 0.15) is 11.3 Å². The van der Waals surface area contributed by atoms with Crippen LogP contribution in [0.2, 0.25) is 0 Å². The molecule has 3 rings (SSSR count). The number of aromatic nitrogens is 1. The molecule has 2 aromatic heterocycles. The van der Waals surface area contributed by atoms with E-state index < -0.39 is 10.0 Å². The molecule has 8 heteroatoms. The summed E-state index contributed by atoms with van der Waals surface area (Å²) < 4.78 is 33.0. The van der Waals surface area contributed by atoms with Crippen molar-refractivity contribution in [3.8, 4) is 10.4 Å². The molecule has 2 heterocycles. The van der Waals surface area contributed by atoms with Gasteiger partial charge in [0.25, 0.3) is 10.0 Å². The van der Waals surface area contributed by atoms with Gasteiger partial charge in [-0.25, -0.2) is 8.42 Å². The highest BCUT2D eigenvalue weighted by Crippen LogP contribution is 2.33. The van der Waals surface area contributed by atoms with Crippen molar-refractivity contribution in [1.29, 1.82) is 0 Å². The third-order valence-electron chi connectivity index (χ3n) is 3.20. The highest BCUT2D eigenvalue weighted by molar-refractivity contribution is 9.10. The minimum absolute atomic E-state index is 0.146. The summed E-state index contributed by atoms with van der Waals surface area (Å²) in [6, 6.07) is 11.3. The van der Waals surface area contributed by atoms with Crippen molar-refractivity contribution in [2.75, 3.05) is 4.72 Å². The summed E-state index contributed by atoms with van der Waals surface area (Å²) in [5, 5.41) is 3.69. The van der Waals surface area contributed by atoms with Crippen molar-refractivity contribution in [1.82, 2.24) is 5.16 Å². The number of nitrogens with one attached hydrogen (secondary N) is 1. The van der Waals surface area contributed by atoms with E-state index in [4.69, 9.17) is 4.52 Å². The lowest BCUT2D eigenvalue weighted by Crippen LogP contribution is -2.11. The number of hydrogen-bond donors (Lipinski definition) is 1. The third-order valence-corrected chi connectivity index (χ3v) is 7.10. The first kappa shape index (κ1) is 16.2. The van der Waals surface area contributed by atoms with Crippen LogP contribution in [0.4, 0.5) is 5.82 Å². The van der Waals surface area contributed by atoms with Gasteiger partial charge in [-0.3, -0.25) is 4.72 Å². The van der Waals surface area contributed by atoms with E-state index in [0.717, 1.165) is 16.0 Å². The number of rotatable bonds is 4. The number of benzene rings is 1. The fraction of sp³-hybridized carbons (Fsp3) is 0.133. The van der Waals surface area contributed by atoms with Gasteiger partial charge in [0.2, 0.25) is 0 Å². The number of sulfonamides is 1. The fourth-order valence-corrected chi connectivity index (χ4v) is 4.63. The highest BCUT2D eigenvalue weighted by Gasteiger charge is 2.21. The number of anilines is 1. The molecule has 0 spiro atoms. The third kappa shape index (κ3) is 3.34. The van der Waals surface area contributed by atoms with E-state index in [2.05, 4.69) is 25.8 Å². The van der Waals surface area contributed by atoms with Crippen molar-refractivity contribution >= 4 is 43.1 Å². The second kappa shape index (κ2) is 6.10. The summed E-state index contributed by atoms with van der Waals surface area (Å²) in [5.74, 6) is 0.655. The largest absolute Gasteiger partial charge is 0.358 e. The van der Waals surface area contributed by atoms with Gasteiger partial charge in [0.05, 0.1) is 0 Å². The van der Waals surface area contributed by atoms with Crippen molar-refractivity contribution < 1.29 is 12.9 Å². The summed E-state index contributed by atoms with van der Waals surface area (Å²) in [7, 11) is -3.70. The van der Waals surface area contributed by atoms with Crippen LogP contribution in [0.5, 0.6) is 0 Å². The van der Waals surface area contributed by atoms with Crippen LogP contribution >= 0.6 is 27.3 Å². The smallest absolute Gasteiger partial charge is 0.272 e. The number of aryl methyl sites for hydroxylation is 2. The first-order valence-corrected chi connectivity index (χ1v) is 9.77. The first-order valence-electron chi connectivity index (χ1n) is 6.68. The molecule has 5 nitrogen and oxygen atoms in total. The van der Waals surface area contributed by atoms with Crippen molar-refractivity contribution in [2.45, 2.75) is 18.1 Å². The second-order valence-electron chi connectivity index (χ2n) is 4.99. The molecule has 0 radical (unpaired) electrons. The molecular weight excluding hydrogens is 400 g/mol. The lowest BCUT2D eigenvalue weighted by atomic mass is 10.1. The Bertz CT molecular complexity index is 944. The van der Waals surface area contributed by atoms with Gasteiger partial charge in [-0.1, -0.05) is 35.0 Å². The van der Waals surface area contributed by atoms with E-state index in [1.54, 1.807) is 19.1 Å². The number of thiophene rings is 1. The molecule has 0 aliphatic carbocycles. The van der Waals surface area contributed by atoms with Crippen molar-refractivity contribution in [3.63, 3.8) is 0 Å². The molecule has 23 heavy (non-hydrogen) atoms. The highest BCUT2D eigenvalue weighted by atomic mass is 79.9. The number of nitrogens with zero attached hydrogens (tertiary/aromatic N) is 1. The number of hydrogen-bond acceptors (Lipinski definition) is 5. The monoisotopic (exact) mass is 412 g/mol. The van der Waals surface area contributed by atoms with Crippen LogP contribution in [-0.4, -0.2) is 13.6 Å². The van der Waals surface area contributed by atoms with Crippen LogP contribution in [0.25, 0.3) is 10.4 Å². The Balaban J connectivity index is 1.89. The first-order chi connectivity index (χ1) is 10.9.